The summed E-state index contributed by atoms with van der Waals surface area (Å²) in [7, 11) is 0. The van der Waals surface area contributed by atoms with Crippen molar-refractivity contribution in [1.82, 2.24) is 9.55 Å². The van der Waals surface area contributed by atoms with Crippen LogP contribution >= 0.6 is 11.8 Å². The zero-order valence-corrected chi connectivity index (χ0v) is 18.6. The maximum atomic E-state index is 13.4. The molecule has 0 radical (unpaired) electrons. The van der Waals surface area contributed by atoms with Crippen LogP contribution in [0.15, 0.2) is 76.7 Å². The molecule has 1 aliphatic rings. The summed E-state index contributed by atoms with van der Waals surface area (Å²) in [6.45, 7) is 1.96. The van der Waals surface area contributed by atoms with Crippen LogP contribution in [0.3, 0.4) is 0 Å². The Labute approximate surface area is 190 Å². The number of thioether (sulfide) groups is 1. The summed E-state index contributed by atoms with van der Waals surface area (Å²) in [5, 5.41) is 4.06. The average Bonchev–Trinajstić information content (AvgIpc) is 3.27. The first kappa shape index (κ1) is 20.5. The molecule has 0 aliphatic heterocycles. The molecule has 0 spiro atoms. The molecule has 160 valence electrons. The number of carbonyl (C=O) groups is 1. The minimum atomic E-state index is -0.133. The van der Waals surface area contributed by atoms with Crippen molar-refractivity contribution in [3.8, 4) is 5.69 Å². The Morgan fingerprint density at radius 2 is 1.84 bits per heavy atom. The van der Waals surface area contributed by atoms with Gasteiger partial charge in [-0.25, -0.2) is 4.98 Å². The third kappa shape index (κ3) is 4.06. The second-order valence-corrected chi connectivity index (χ2v) is 9.01. The summed E-state index contributed by atoms with van der Waals surface area (Å²) in [4.78, 5) is 30.8. The van der Waals surface area contributed by atoms with Gasteiger partial charge in [0.25, 0.3) is 5.56 Å². The van der Waals surface area contributed by atoms with Crippen molar-refractivity contribution >= 4 is 34.3 Å². The average molecular weight is 442 g/mol. The molecule has 0 atom stereocenters. The number of nitrogens with one attached hydrogen (secondary N) is 1. The number of aryl methyl sites for hydroxylation is 3. The van der Waals surface area contributed by atoms with E-state index in [0.29, 0.717) is 16.1 Å². The fourth-order valence-electron chi connectivity index (χ4n) is 4.16. The molecule has 1 N–H and O–H groups in total. The molecule has 4 aromatic rings. The highest BCUT2D eigenvalue weighted by molar-refractivity contribution is 7.99. The maximum Gasteiger partial charge on any atom is 0.266 e. The lowest BCUT2D eigenvalue weighted by Gasteiger charge is -2.13. The summed E-state index contributed by atoms with van der Waals surface area (Å²) < 4.78 is 1.59. The second-order valence-electron chi connectivity index (χ2n) is 8.06. The number of amides is 1. The zero-order chi connectivity index (χ0) is 22.1. The van der Waals surface area contributed by atoms with Crippen LogP contribution in [-0.4, -0.2) is 21.2 Å². The lowest BCUT2D eigenvalue weighted by molar-refractivity contribution is -0.113. The van der Waals surface area contributed by atoms with Crippen LogP contribution in [0, 0.1) is 6.92 Å². The molecule has 0 saturated heterocycles. The highest BCUT2D eigenvalue weighted by atomic mass is 32.2. The molecule has 0 saturated carbocycles. The second kappa shape index (κ2) is 8.63. The third-order valence-electron chi connectivity index (χ3n) is 5.72. The highest BCUT2D eigenvalue weighted by Gasteiger charge is 2.16. The van der Waals surface area contributed by atoms with Gasteiger partial charge < -0.3 is 5.32 Å². The molecular weight excluding hydrogens is 418 g/mol. The minimum absolute atomic E-state index is 0.120. The summed E-state index contributed by atoms with van der Waals surface area (Å²) in [5.41, 5.74) is 5.75. The summed E-state index contributed by atoms with van der Waals surface area (Å²) in [5.74, 6) is 0.0408. The molecule has 0 fully saturated rings. The van der Waals surface area contributed by atoms with Gasteiger partial charge in [-0.2, -0.15) is 0 Å². The van der Waals surface area contributed by atoms with Crippen LogP contribution in [0.2, 0.25) is 0 Å². The number of carbonyl (C=O) groups excluding carboxylic acids is 1. The molecular formula is C26H23N3O2S. The molecule has 5 rings (SSSR count). The standard InChI is InChI=1S/C26H23N3O2S/c1-17-10-13-23-22(14-17)25(31)29(21-8-3-2-4-9-21)26(28-23)32-16-24(30)27-20-12-11-18-6-5-7-19(18)15-20/h2-4,8-15H,5-7,16H2,1H3,(H,27,30). The van der Waals surface area contributed by atoms with E-state index in [1.807, 2.05) is 61.5 Å². The Balaban J connectivity index is 1.43. The molecule has 0 unspecified atom stereocenters. The van der Waals surface area contributed by atoms with Crippen molar-refractivity contribution in [3.05, 3.63) is 93.8 Å². The first-order valence-electron chi connectivity index (χ1n) is 10.7. The van der Waals surface area contributed by atoms with Gasteiger partial charge in [-0.05, 0) is 73.7 Å². The van der Waals surface area contributed by atoms with Crippen molar-refractivity contribution < 1.29 is 4.79 Å². The van der Waals surface area contributed by atoms with E-state index in [1.165, 1.54) is 29.3 Å². The zero-order valence-electron chi connectivity index (χ0n) is 17.8. The third-order valence-corrected chi connectivity index (χ3v) is 6.66. The molecule has 1 heterocycles. The fraction of sp³-hybridized carbons (Fsp3) is 0.192. The Kier molecular flexibility index (Phi) is 5.53. The number of hydrogen-bond donors (Lipinski definition) is 1. The molecule has 1 amide bonds. The van der Waals surface area contributed by atoms with E-state index >= 15 is 0 Å². The fourth-order valence-corrected chi connectivity index (χ4v) is 4.97. The minimum Gasteiger partial charge on any atom is -0.325 e. The summed E-state index contributed by atoms with van der Waals surface area (Å²) >= 11 is 1.27. The number of fused-ring (bicyclic) bond motifs is 2. The largest absolute Gasteiger partial charge is 0.325 e. The number of para-hydroxylation sites is 1. The van der Waals surface area contributed by atoms with Gasteiger partial charge in [0, 0.05) is 5.69 Å². The number of rotatable bonds is 5. The number of nitrogens with zero attached hydrogens (tertiary/aromatic N) is 2. The maximum absolute atomic E-state index is 13.4. The molecule has 6 heteroatoms. The van der Waals surface area contributed by atoms with Gasteiger partial charge in [0.05, 0.1) is 22.3 Å². The van der Waals surface area contributed by atoms with E-state index in [0.717, 1.165) is 29.8 Å². The van der Waals surface area contributed by atoms with Crippen LogP contribution in [0.4, 0.5) is 5.69 Å². The number of anilines is 1. The Hall–Kier alpha value is -3.38. The predicted molar refractivity (Wildman–Crippen MR) is 130 cm³/mol. The SMILES string of the molecule is Cc1ccc2nc(SCC(=O)Nc3ccc4c(c3)CCC4)n(-c3ccccc3)c(=O)c2c1. The van der Waals surface area contributed by atoms with Gasteiger partial charge in [-0.1, -0.05) is 47.7 Å². The number of hydrogen-bond acceptors (Lipinski definition) is 4. The van der Waals surface area contributed by atoms with E-state index in [2.05, 4.69) is 17.4 Å². The Morgan fingerprint density at radius 1 is 1.03 bits per heavy atom. The number of aromatic nitrogens is 2. The van der Waals surface area contributed by atoms with E-state index in [4.69, 9.17) is 4.98 Å². The molecule has 1 aliphatic carbocycles. The quantitative estimate of drug-likeness (QED) is 0.353. The monoisotopic (exact) mass is 441 g/mol. The van der Waals surface area contributed by atoms with Gasteiger partial charge in [0.15, 0.2) is 5.16 Å². The first-order valence-corrected chi connectivity index (χ1v) is 11.7. The van der Waals surface area contributed by atoms with Crippen LogP contribution in [0.25, 0.3) is 16.6 Å². The van der Waals surface area contributed by atoms with E-state index in [1.54, 1.807) is 4.57 Å². The van der Waals surface area contributed by atoms with Crippen molar-refractivity contribution in [3.63, 3.8) is 0 Å². The molecule has 1 aromatic heterocycles. The van der Waals surface area contributed by atoms with E-state index < -0.39 is 0 Å². The molecule has 5 nitrogen and oxygen atoms in total. The van der Waals surface area contributed by atoms with Crippen molar-refractivity contribution in [2.75, 3.05) is 11.1 Å². The van der Waals surface area contributed by atoms with Crippen molar-refractivity contribution in [1.29, 1.82) is 0 Å². The van der Waals surface area contributed by atoms with Gasteiger partial charge in [-0.15, -0.1) is 0 Å². The van der Waals surface area contributed by atoms with E-state index in [9.17, 15) is 9.59 Å². The molecule has 0 bridgehead atoms. The lowest BCUT2D eigenvalue weighted by atomic mass is 10.1. The predicted octanol–water partition coefficient (Wildman–Crippen LogP) is 4.91. The number of benzene rings is 3. The van der Waals surface area contributed by atoms with Gasteiger partial charge in [0.2, 0.25) is 5.91 Å². The normalized spacial score (nSPS) is 12.7. The molecule has 3 aromatic carbocycles. The van der Waals surface area contributed by atoms with Crippen LogP contribution in [-0.2, 0) is 17.6 Å². The van der Waals surface area contributed by atoms with Gasteiger partial charge in [0.1, 0.15) is 0 Å². The van der Waals surface area contributed by atoms with Crippen molar-refractivity contribution in [2.24, 2.45) is 0 Å². The summed E-state index contributed by atoms with van der Waals surface area (Å²) in [6, 6.07) is 21.2. The Bertz CT molecular complexity index is 1380. The van der Waals surface area contributed by atoms with Crippen LogP contribution in [0.5, 0.6) is 0 Å². The van der Waals surface area contributed by atoms with E-state index in [-0.39, 0.29) is 17.2 Å². The topological polar surface area (TPSA) is 64.0 Å². The van der Waals surface area contributed by atoms with Crippen molar-refractivity contribution in [2.45, 2.75) is 31.3 Å². The van der Waals surface area contributed by atoms with Gasteiger partial charge >= 0.3 is 0 Å². The highest BCUT2D eigenvalue weighted by Crippen LogP contribution is 2.26. The first-order chi connectivity index (χ1) is 15.6. The Morgan fingerprint density at radius 3 is 2.69 bits per heavy atom. The van der Waals surface area contributed by atoms with Gasteiger partial charge in [-0.3, -0.25) is 14.2 Å². The smallest absolute Gasteiger partial charge is 0.266 e. The lowest BCUT2D eigenvalue weighted by Crippen LogP contribution is -2.23. The van der Waals surface area contributed by atoms with Crippen LogP contribution in [0.1, 0.15) is 23.1 Å². The molecule has 32 heavy (non-hydrogen) atoms. The van der Waals surface area contributed by atoms with Crippen LogP contribution < -0.4 is 10.9 Å². The summed E-state index contributed by atoms with van der Waals surface area (Å²) in [6.07, 6.45) is 3.36.